The van der Waals surface area contributed by atoms with Crippen molar-refractivity contribution in [2.45, 2.75) is 75.7 Å². The van der Waals surface area contributed by atoms with Gasteiger partial charge < -0.3 is 13.7 Å². The maximum absolute atomic E-state index is 7.34. The summed E-state index contributed by atoms with van der Waals surface area (Å²) in [5, 5.41) is 8.68. The highest BCUT2D eigenvalue weighted by Gasteiger charge is 2.62. The first kappa shape index (κ1) is 50.3. The standard InChI is InChI=1S/C85H63NO2/c1-2-17-52(18-3-1)47-73-65-24-9-11-26-67(65)79(68-27-12-10-25-66(68)73)55-39-42-61(43-40-55)86-77-44-41-60(64-30-15-32-71-70-31-14-29-63(81(70)87-82(64)71)59-38-36-54-20-5-7-22-57(54)49-59)50-74(77)80-76-51-85(76,46-45-78(80)86)75-34-16-33-72-69-28-13-8-23-62(83(69)88-84(72)75)58-37-35-53-19-4-6-21-56(53)48-58/h1-3,8-18,24-46,48-50,74,76-77H,4-7,19-22,47,51H2. The lowest BCUT2D eigenvalue weighted by Crippen LogP contribution is -2.32. The van der Waals surface area contributed by atoms with Crippen molar-refractivity contribution >= 4 is 77.4 Å². The Morgan fingerprint density at radius 1 is 0.511 bits per heavy atom. The summed E-state index contributed by atoms with van der Waals surface area (Å²) in [6.07, 6.45) is 30.5. The molecule has 7 aliphatic rings. The third kappa shape index (κ3) is 7.63. The molecule has 1 saturated carbocycles. The fraction of sp³-hybridized carbons (Fsp3) is 0.165. The molecule has 3 heteroatoms. The molecule has 0 bridgehead atoms. The van der Waals surface area contributed by atoms with E-state index in [-0.39, 0.29) is 23.3 Å². The van der Waals surface area contributed by atoms with E-state index in [4.69, 9.17) is 8.83 Å². The molecule has 4 unspecified atom stereocenters. The fourth-order valence-electron chi connectivity index (χ4n) is 17.0. The summed E-state index contributed by atoms with van der Waals surface area (Å²) in [4.78, 5) is 2.65. The fourth-order valence-corrected chi connectivity index (χ4v) is 17.0. The summed E-state index contributed by atoms with van der Waals surface area (Å²) in [5.41, 5.74) is 30.9. The predicted octanol–water partition coefficient (Wildman–Crippen LogP) is 21.2. The van der Waals surface area contributed by atoms with Crippen molar-refractivity contribution < 1.29 is 8.83 Å². The molecule has 2 aromatic heterocycles. The van der Waals surface area contributed by atoms with Gasteiger partial charge in [0, 0.05) is 61.1 Å². The quantitative estimate of drug-likeness (QED) is 0.112. The lowest BCUT2D eigenvalue weighted by Gasteiger charge is -2.31. The highest BCUT2D eigenvalue weighted by molar-refractivity contribution is 6.16. The second-order valence-corrected chi connectivity index (χ2v) is 25.9. The van der Waals surface area contributed by atoms with Gasteiger partial charge in [-0.15, -0.1) is 5.73 Å². The van der Waals surface area contributed by atoms with Gasteiger partial charge >= 0.3 is 0 Å². The molecule has 1 fully saturated rings. The number of aryl methyl sites for hydroxylation is 4. The molecule has 19 rings (SSSR count). The number of benzene rings is 10. The van der Waals surface area contributed by atoms with E-state index in [0.717, 1.165) is 87.6 Å². The minimum atomic E-state index is -0.218. The van der Waals surface area contributed by atoms with E-state index >= 15 is 0 Å². The maximum Gasteiger partial charge on any atom is 0.151 e. The van der Waals surface area contributed by atoms with Crippen LogP contribution in [0.15, 0.2) is 262 Å². The lowest BCUT2D eigenvalue weighted by atomic mass is 9.79. The number of allylic oxidation sites excluding steroid dienone is 6. The number of furan rings is 2. The Balaban J connectivity index is 0.735. The van der Waals surface area contributed by atoms with Gasteiger partial charge in [0.2, 0.25) is 0 Å². The average molecular weight is 1130 g/mol. The minimum Gasteiger partial charge on any atom is -0.455 e. The van der Waals surface area contributed by atoms with Crippen LogP contribution in [0, 0.1) is 11.8 Å². The maximum atomic E-state index is 7.34. The molecule has 0 spiro atoms. The number of hydrogen-bond acceptors (Lipinski definition) is 3. The lowest BCUT2D eigenvalue weighted by molar-refractivity contribution is 0.586. The molecule has 1 aliphatic heterocycles. The summed E-state index contributed by atoms with van der Waals surface area (Å²) >= 11 is 0. The Hall–Kier alpha value is -9.92. The van der Waals surface area contributed by atoms with Gasteiger partial charge in [-0.05, 0) is 189 Å². The zero-order chi connectivity index (χ0) is 57.6. The van der Waals surface area contributed by atoms with Gasteiger partial charge in [-0.3, -0.25) is 0 Å². The highest BCUT2D eigenvalue weighted by Crippen LogP contribution is 2.67. The van der Waals surface area contributed by atoms with Crippen molar-refractivity contribution in [2.75, 3.05) is 4.90 Å². The van der Waals surface area contributed by atoms with Crippen LogP contribution < -0.4 is 4.90 Å². The van der Waals surface area contributed by atoms with Crippen LogP contribution in [-0.2, 0) is 37.5 Å². The number of nitrogens with zero attached hydrogens (tertiary/aromatic N) is 1. The van der Waals surface area contributed by atoms with E-state index in [1.807, 2.05) is 0 Å². The van der Waals surface area contributed by atoms with E-state index in [9.17, 15) is 0 Å². The Morgan fingerprint density at radius 3 is 1.89 bits per heavy atom. The van der Waals surface area contributed by atoms with Gasteiger partial charge in [0.05, 0.1) is 11.6 Å². The predicted molar refractivity (Wildman–Crippen MR) is 364 cm³/mol. The van der Waals surface area contributed by atoms with Crippen molar-refractivity contribution in [3.63, 3.8) is 0 Å². The van der Waals surface area contributed by atoms with E-state index in [0.29, 0.717) is 0 Å². The van der Waals surface area contributed by atoms with E-state index in [2.05, 4.69) is 253 Å². The van der Waals surface area contributed by atoms with Crippen LogP contribution in [0.5, 0.6) is 0 Å². The number of hydrogen-bond donors (Lipinski definition) is 0. The zero-order valence-corrected chi connectivity index (χ0v) is 49.2. The Morgan fingerprint density at radius 2 is 1.14 bits per heavy atom. The molecule has 10 aromatic carbocycles. The van der Waals surface area contributed by atoms with Crippen LogP contribution in [0.25, 0.3) is 93.9 Å². The van der Waals surface area contributed by atoms with Crippen molar-refractivity contribution in [1.29, 1.82) is 0 Å². The number of fused-ring (bicyclic) bond motifs is 14. The summed E-state index contributed by atoms with van der Waals surface area (Å²) in [6.45, 7) is 0. The van der Waals surface area contributed by atoms with Crippen molar-refractivity contribution in [2.24, 2.45) is 11.8 Å². The molecule has 12 aromatic rings. The highest BCUT2D eigenvalue weighted by atomic mass is 16.3. The third-order valence-electron chi connectivity index (χ3n) is 21.2. The Kier molecular flexibility index (Phi) is 11.2. The Bertz CT molecular complexity index is 5160. The monoisotopic (exact) mass is 1130 g/mol. The van der Waals surface area contributed by atoms with Crippen LogP contribution in [-0.4, -0.2) is 6.04 Å². The van der Waals surface area contributed by atoms with Gasteiger partial charge in [-0.25, -0.2) is 0 Å². The van der Waals surface area contributed by atoms with E-state index in [1.54, 1.807) is 0 Å². The van der Waals surface area contributed by atoms with Crippen molar-refractivity contribution in [1.82, 2.24) is 0 Å². The van der Waals surface area contributed by atoms with Crippen LogP contribution in [0.1, 0.15) is 93.5 Å². The first-order chi connectivity index (χ1) is 43.6. The largest absolute Gasteiger partial charge is 0.455 e. The number of anilines is 1. The van der Waals surface area contributed by atoms with Crippen LogP contribution in [0.4, 0.5) is 5.69 Å². The molecule has 6 aliphatic carbocycles. The van der Waals surface area contributed by atoms with Crippen molar-refractivity contribution in [3.8, 4) is 22.3 Å². The van der Waals surface area contributed by atoms with Crippen LogP contribution >= 0.6 is 0 Å². The molecule has 4 atom stereocenters. The topological polar surface area (TPSA) is 29.5 Å². The summed E-state index contributed by atoms with van der Waals surface area (Å²) < 4.78 is 14.6. The summed E-state index contributed by atoms with van der Waals surface area (Å²) in [5.74, 6) is 1.31. The first-order valence-corrected chi connectivity index (χ1v) is 32.2. The van der Waals surface area contributed by atoms with Crippen LogP contribution in [0.2, 0.25) is 0 Å². The first-order valence-electron chi connectivity index (χ1n) is 32.2. The SMILES string of the molecule is C1=CC=Cc2c(oc3c(C45C=CC6=C(C7C=C(c8cccc9c8oc8c(-c%10ccc%11c(c%10)CCCC%11)cccc89)C=CC7N6c6ccc(-c7c8ccccc8c(Cc8ccccc8)c8ccccc78)cc6)C4C5)cccc23)C=1c1ccc2c(c1)CCCC2. The van der Waals surface area contributed by atoms with Gasteiger partial charge in [-0.1, -0.05) is 212 Å². The second-order valence-electron chi connectivity index (χ2n) is 25.9. The molecular weight excluding hydrogens is 1070 g/mol. The molecule has 420 valence electrons. The Labute approximate surface area is 513 Å². The number of para-hydroxylation sites is 3. The van der Waals surface area contributed by atoms with Crippen LogP contribution in [0.3, 0.4) is 0 Å². The minimum absolute atomic E-state index is 0.0711. The average Bonchev–Trinajstić information content (AvgIpc) is 1.52. The normalized spacial score (nSPS) is 20.5. The molecule has 0 N–H and O–H groups in total. The van der Waals surface area contributed by atoms with Gasteiger partial charge in [0.1, 0.15) is 16.7 Å². The summed E-state index contributed by atoms with van der Waals surface area (Å²) in [7, 11) is 0. The van der Waals surface area contributed by atoms with Gasteiger partial charge in [0.25, 0.3) is 0 Å². The van der Waals surface area contributed by atoms with Gasteiger partial charge in [-0.2, -0.15) is 0 Å². The molecule has 0 amide bonds. The molecule has 88 heavy (non-hydrogen) atoms. The molecule has 3 nitrogen and oxygen atoms in total. The summed E-state index contributed by atoms with van der Waals surface area (Å²) in [6, 6.07) is 73.1. The molecular formula is C85H63NO2. The number of rotatable bonds is 8. The van der Waals surface area contributed by atoms with Gasteiger partial charge in [0.15, 0.2) is 5.76 Å². The second kappa shape index (κ2) is 19.5. The van der Waals surface area contributed by atoms with E-state index < -0.39 is 0 Å². The molecule has 0 radical (unpaired) electrons. The van der Waals surface area contributed by atoms with E-state index in [1.165, 1.54) is 143 Å². The zero-order valence-electron chi connectivity index (χ0n) is 49.2. The smallest absolute Gasteiger partial charge is 0.151 e. The molecule has 3 heterocycles. The third-order valence-corrected chi connectivity index (χ3v) is 21.2. The van der Waals surface area contributed by atoms with Crippen molar-refractivity contribution in [3.05, 3.63) is 315 Å². The molecule has 0 saturated heterocycles.